The van der Waals surface area contributed by atoms with Crippen LogP contribution in [0.1, 0.15) is 5.56 Å². The van der Waals surface area contributed by atoms with Crippen molar-refractivity contribution in [3.05, 3.63) is 52.5 Å². The van der Waals surface area contributed by atoms with Crippen molar-refractivity contribution in [3.8, 4) is 0 Å². The van der Waals surface area contributed by atoms with Crippen molar-refractivity contribution in [3.63, 3.8) is 0 Å². The molecule has 0 aliphatic heterocycles. The molecule has 0 aromatic heterocycles. The zero-order chi connectivity index (χ0) is 14.8. The van der Waals surface area contributed by atoms with Gasteiger partial charge in [0.25, 0.3) is 0 Å². The van der Waals surface area contributed by atoms with Gasteiger partial charge in [0.1, 0.15) is 0 Å². The summed E-state index contributed by atoms with van der Waals surface area (Å²) in [4.78, 5) is 0.322. The Morgan fingerprint density at radius 1 is 1.15 bits per heavy atom. The molecule has 2 aromatic rings. The van der Waals surface area contributed by atoms with Crippen molar-refractivity contribution in [2.45, 2.75) is 11.4 Å². The Kier molecular flexibility index (Phi) is 4.35. The molecule has 0 bridgehead atoms. The average Bonchev–Trinajstić information content (AvgIpc) is 2.39. The predicted molar refractivity (Wildman–Crippen MR) is 85.4 cm³/mol. The molecule has 0 aliphatic rings. The molecule has 0 radical (unpaired) electrons. The maximum atomic E-state index is 11.4. The summed E-state index contributed by atoms with van der Waals surface area (Å²) < 4.78 is 23.7. The first-order chi connectivity index (χ1) is 9.36. The number of sulfone groups is 1. The summed E-state index contributed by atoms with van der Waals surface area (Å²) in [6.45, 7) is 0.574. The highest BCUT2D eigenvalue weighted by atomic mass is 79.9. The lowest BCUT2D eigenvalue weighted by Gasteiger charge is -2.10. The highest BCUT2D eigenvalue weighted by molar-refractivity contribution is 9.10. The quantitative estimate of drug-likeness (QED) is 0.827. The van der Waals surface area contributed by atoms with E-state index in [1.54, 1.807) is 24.3 Å². The number of nitrogens with one attached hydrogen (secondary N) is 1. The fourth-order valence-electron chi connectivity index (χ4n) is 1.73. The standard InChI is InChI=1S/C14H15BrN2O2S/c1-20(18,19)12-5-2-10(3-6-12)9-17-14-8-11(15)4-7-13(14)16/h2-8,17H,9,16H2,1H3. The molecule has 106 valence electrons. The highest BCUT2D eigenvalue weighted by Crippen LogP contribution is 2.24. The minimum atomic E-state index is -3.15. The summed E-state index contributed by atoms with van der Waals surface area (Å²) in [5, 5.41) is 3.22. The van der Waals surface area contributed by atoms with Crippen LogP contribution in [0.2, 0.25) is 0 Å². The molecule has 0 fully saturated rings. The van der Waals surface area contributed by atoms with Gasteiger partial charge in [-0.1, -0.05) is 28.1 Å². The fraction of sp³-hybridized carbons (Fsp3) is 0.143. The third-order valence-corrected chi connectivity index (χ3v) is 4.47. The molecule has 0 spiro atoms. The number of halogens is 1. The van der Waals surface area contributed by atoms with E-state index in [2.05, 4.69) is 21.2 Å². The van der Waals surface area contributed by atoms with Gasteiger partial charge in [-0.15, -0.1) is 0 Å². The Hall–Kier alpha value is -1.53. The average molecular weight is 355 g/mol. The van der Waals surface area contributed by atoms with Gasteiger partial charge < -0.3 is 11.1 Å². The summed E-state index contributed by atoms with van der Waals surface area (Å²) in [5.41, 5.74) is 8.36. The van der Waals surface area contributed by atoms with E-state index in [0.717, 1.165) is 15.7 Å². The van der Waals surface area contributed by atoms with Crippen LogP contribution in [0.4, 0.5) is 11.4 Å². The van der Waals surface area contributed by atoms with E-state index < -0.39 is 9.84 Å². The number of nitrogen functional groups attached to an aromatic ring is 1. The topological polar surface area (TPSA) is 72.2 Å². The molecule has 0 atom stereocenters. The van der Waals surface area contributed by atoms with Crippen molar-refractivity contribution in [1.29, 1.82) is 0 Å². The molecule has 2 aromatic carbocycles. The van der Waals surface area contributed by atoms with E-state index in [1.165, 1.54) is 6.26 Å². The van der Waals surface area contributed by atoms with Crippen LogP contribution < -0.4 is 11.1 Å². The van der Waals surface area contributed by atoms with Crippen molar-refractivity contribution >= 4 is 37.1 Å². The third kappa shape index (κ3) is 3.74. The number of benzene rings is 2. The lowest BCUT2D eigenvalue weighted by Crippen LogP contribution is -2.03. The number of rotatable bonds is 4. The van der Waals surface area contributed by atoms with Gasteiger partial charge in [-0.25, -0.2) is 8.42 Å². The van der Waals surface area contributed by atoms with Crippen LogP contribution in [-0.4, -0.2) is 14.7 Å². The van der Waals surface area contributed by atoms with Crippen LogP contribution in [0.5, 0.6) is 0 Å². The molecule has 0 heterocycles. The van der Waals surface area contributed by atoms with Gasteiger partial charge in [-0.2, -0.15) is 0 Å². The van der Waals surface area contributed by atoms with Crippen LogP contribution in [0.15, 0.2) is 51.8 Å². The molecule has 3 N–H and O–H groups in total. The minimum absolute atomic E-state index is 0.322. The van der Waals surface area contributed by atoms with E-state index in [4.69, 9.17) is 5.73 Å². The van der Waals surface area contributed by atoms with E-state index >= 15 is 0 Å². The summed E-state index contributed by atoms with van der Waals surface area (Å²) in [6, 6.07) is 12.4. The van der Waals surface area contributed by atoms with E-state index in [1.807, 2.05) is 18.2 Å². The first-order valence-electron chi connectivity index (χ1n) is 5.94. The number of anilines is 2. The molecule has 0 unspecified atom stereocenters. The number of hydrogen-bond acceptors (Lipinski definition) is 4. The zero-order valence-electron chi connectivity index (χ0n) is 10.9. The van der Waals surface area contributed by atoms with Crippen molar-refractivity contribution in [1.82, 2.24) is 0 Å². The van der Waals surface area contributed by atoms with E-state index in [-0.39, 0.29) is 0 Å². The van der Waals surface area contributed by atoms with Crippen molar-refractivity contribution in [2.24, 2.45) is 0 Å². The molecule has 0 amide bonds. The number of hydrogen-bond donors (Lipinski definition) is 2. The first kappa shape index (κ1) is 14.9. The van der Waals surface area contributed by atoms with Crippen molar-refractivity contribution in [2.75, 3.05) is 17.3 Å². The maximum Gasteiger partial charge on any atom is 0.175 e. The van der Waals surface area contributed by atoms with Gasteiger partial charge in [-0.05, 0) is 35.9 Å². The molecule has 0 saturated heterocycles. The predicted octanol–water partition coefficient (Wildman–Crippen LogP) is 3.05. The van der Waals surface area contributed by atoms with Gasteiger partial charge >= 0.3 is 0 Å². The van der Waals surface area contributed by atoms with E-state index in [9.17, 15) is 8.42 Å². The molecule has 0 aliphatic carbocycles. The van der Waals surface area contributed by atoms with Crippen LogP contribution in [0.25, 0.3) is 0 Å². The first-order valence-corrected chi connectivity index (χ1v) is 8.62. The molecular formula is C14H15BrN2O2S. The fourth-order valence-corrected chi connectivity index (χ4v) is 2.72. The van der Waals surface area contributed by atoms with Gasteiger partial charge in [-0.3, -0.25) is 0 Å². The summed E-state index contributed by atoms with van der Waals surface area (Å²) in [7, 11) is -3.15. The van der Waals surface area contributed by atoms with Crippen LogP contribution >= 0.6 is 15.9 Å². The van der Waals surface area contributed by atoms with Crippen LogP contribution in [-0.2, 0) is 16.4 Å². The number of nitrogens with two attached hydrogens (primary N) is 1. The largest absolute Gasteiger partial charge is 0.397 e. The maximum absolute atomic E-state index is 11.4. The second-order valence-electron chi connectivity index (χ2n) is 4.50. The molecule has 6 heteroatoms. The summed E-state index contributed by atoms with van der Waals surface area (Å²) >= 11 is 3.39. The zero-order valence-corrected chi connectivity index (χ0v) is 13.3. The molecule has 2 rings (SSSR count). The lowest BCUT2D eigenvalue weighted by atomic mass is 10.2. The summed E-state index contributed by atoms with van der Waals surface area (Å²) in [5.74, 6) is 0. The molecular weight excluding hydrogens is 340 g/mol. The van der Waals surface area contributed by atoms with E-state index in [0.29, 0.717) is 17.1 Å². The molecule has 0 saturated carbocycles. The Morgan fingerprint density at radius 2 is 1.80 bits per heavy atom. The van der Waals surface area contributed by atoms with Gasteiger partial charge in [0.2, 0.25) is 0 Å². The highest BCUT2D eigenvalue weighted by Gasteiger charge is 2.06. The van der Waals surface area contributed by atoms with Gasteiger partial charge in [0.05, 0.1) is 16.3 Å². The van der Waals surface area contributed by atoms with Crippen LogP contribution in [0, 0.1) is 0 Å². The van der Waals surface area contributed by atoms with Crippen LogP contribution in [0.3, 0.4) is 0 Å². The Morgan fingerprint density at radius 3 is 2.40 bits per heavy atom. The van der Waals surface area contributed by atoms with Gasteiger partial charge in [0.15, 0.2) is 9.84 Å². The van der Waals surface area contributed by atoms with Crippen molar-refractivity contribution < 1.29 is 8.42 Å². The molecule has 4 nitrogen and oxygen atoms in total. The lowest BCUT2D eigenvalue weighted by molar-refractivity contribution is 0.602. The monoisotopic (exact) mass is 354 g/mol. The SMILES string of the molecule is CS(=O)(=O)c1ccc(CNc2cc(Br)ccc2N)cc1. The summed E-state index contributed by atoms with van der Waals surface area (Å²) in [6.07, 6.45) is 1.20. The van der Waals surface area contributed by atoms with Gasteiger partial charge in [0, 0.05) is 17.3 Å². The minimum Gasteiger partial charge on any atom is -0.397 e. The Labute approximate surface area is 127 Å². The smallest absolute Gasteiger partial charge is 0.175 e. The normalized spacial score (nSPS) is 11.3. The third-order valence-electron chi connectivity index (χ3n) is 2.85. The second kappa shape index (κ2) is 5.85. The molecule has 20 heavy (non-hydrogen) atoms. The second-order valence-corrected chi connectivity index (χ2v) is 7.43. The Bertz CT molecular complexity index is 712. The Balaban J connectivity index is 2.10.